The number of amides is 1. The number of hydrogen-bond donors (Lipinski definition) is 1. The maximum Gasteiger partial charge on any atom is 0.271 e. The first-order valence-electron chi connectivity index (χ1n) is 8.49. The van der Waals surface area contributed by atoms with E-state index in [0.717, 1.165) is 19.2 Å². The van der Waals surface area contributed by atoms with Crippen molar-refractivity contribution in [3.8, 4) is 0 Å². The fourth-order valence-corrected chi connectivity index (χ4v) is 3.12. The molecule has 138 valence electrons. The summed E-state index contributed by atoms with van der Waals surface area (Å²) in [5.74, 6) is -0.653. The highest BCUT2D eigenvalue weighted by atomic mass is 19.1. The van der Waals surface area contributed by atoms with Gasteiger partial charge in [0.1, 0.15) is 11.6 Å². The zero-order valence-corrected chi connectivity index (χ0v) is 14.7. The molecule has 8 heteroatoms. The van der Waals surface area contributed by atoms with Crippen LogP contribution in [0.2, 0.25) is 0 Å². The number of aromatic nitrogens is 2. The number of nitrogens with one attached hydrogen (secondary N) is 1. The predicted octanol–water partition coefficient (Wildman–Crippen LogP) is 2.00. The molecule has 2 heterocycles. The van der Waals surface area contributed by atoms with Crippen LogP contribution >= 0.6 is 0 Å². The summed E-state index contributed by atoms with van der Waals surface area (Å²) >= 11 is 0. The smallest absolute Gasteiger partial charge is 0.271 e. The van der Waals surface area contributed by atoms with Crippen molar-refractivity contribution in [3.05, 3.63) is 53.2 Å². The zero-order chi connectivity index (χ0) is 18.7. The molecule has 1 N–H and O–H groups in total. The number of carbonyl (C=O) groups excluding carboxylic acids is 1. The topological polar surface area (TPSA) is 61.4 Å². The maximum atomic E-state index is 14.0. The molecule has 0 aliphatic carbocycles. The summed E-state index contributed by atoms with van der Waals surface area (Å²) in [5.41, 5.74) is 0.768. The van der Waals surface area contributed by atoms with Crippen LogP contribution in [0.15, 0.2) is 30.3 Å². The lowest BCUT2D eigenvalue weighted by Gasteiger charge is -2.38. The van der Waals surface area contributed by atoms with Crippen molar-refractivity contribution in [1.82, 2.24) is 20.4 Å². The van der Waals surface area contributed by atoms with E-state index in [1.807, 2.05) is 6.92 Å². The highest BCUT2D eigenvalue weighted by Gasteiger charge is 2.25. The number of anilines is 1. The van der Waals surface area contributed by atoms with Crippen LogP contribution in [-0.4, -0.2) is 54.2 Å². The van der Waals surface area contributed by atoms with Gasteiger partial charge in [-0.15, -0.1) is 10.2 Å². The van der Waals surface area contributed by atoms with Crippen LogP contribution in [0.4, 0.5) is 14.6 Å². The molecule has 1 aliphatic heterocycles. The van der Waals surface area contributed by atoms with Crippen LogP contribution in [0.5, 0.6) is 0 Å². The zero-order valence-electron chi connectivity index (χ0n) is 14.7. The molecule has 1 aromatic heterocycles. The SMILES string of the molecule is CNC(=O)c1ccc(N2CCN(C(C)c3ccc(F)cc3F)CC2)nn1. The molecule has 0 radical (unpaired) electrons. The van der Waals surface area contributed by atoms with Crippen LogP contribution in [0, 0.1) is 11.6 Å². The molecular formula is C18H21F2N5O. The highest BCUT2D eigenvalue weighted by molar-refractivity contribution is 5.91. The van der Waals surface area contributed by atoms with E-state index in [0.29, 0.717) is 24.5 Å². The van der Waals surface area contributed by atoms with Gasteiger partial charge >= 0.3 is 0 Å². The van der Waals surface area contributed by atoms with Gasteiger partial charge in [0.25, 0.3) is 5.91 Å². The van der Waals surface area contributed by atoms with Crippen molar-refractivity contribution >= 4 is 11.7 Å². The summed E-state index contributed by atoms with van der Waals surface area (Å²) in [4.78, 5) is 15.7. The van der Waals surface area contributed by atoms with E-state index in [4.69, 9.17) is 0 Å². The fraction of sp³-hybridized carbons (Fsp3) is 0.389. The Morgan fingerprint density at radius 1 is 1.12 bits per heavy atom. The fourth-order valence-electron chi connectivity index (χ4n) is 3.12. The van der Waals surface area contributed by atoms with E-state index in [1.165, 1.54) is 12.1 Å². The Hall–Kier alpha value is -2.61. The Bertz CT molecular complexity index is 776. The summed E-state index contributed by atoms with van der Waals surface area (Å²) in [6.45, 7) is 4.78. The number of nitrogens with zero attached hydrogens (tertiary/aromatic N) is 4. The highest BCUT2D eigenvalue weighted by Crippen LogP contribution is 2.25. The minimum absolute atomic E-state index is 0.139. The van der Waals surface area contributed by atoms with Gasteiger partial charge in [-0.05, 0) is 25.1 Å². The van der Waals surface area contributed by atoms with Gasteiger partial charge in [0, 0.05) is 50.9 Å². The predicted molar refractivity (Wildman–Crippen MR) is 94.0 cm³/mol. The maximum absolute atomic E-state index is 14.0. The molecule has 1 aromatic carbocycles. The summed E-state index contributed by atoms with van der Waals surface area (Å²) in [6.07, 6.45) is 0. The van der Waals surface area contributed by atoms with Crippen molar-refractivity contribution in [2.75, 3.05) is 38.1 Å². The van der Waals surface area contributed by atoms with Crippen LogP contribution in [0.25, 0.3) is 0 Å². The van der Waals surface area contributed by atoms with Crippen LogP contribution < -0.4 is 10.2 Å². The molecule has 26 heavy (non-hydrogen) atoms. The first kappa shape index (κ1) is 18.2. The van der Waals surface area contributed by atoms with Crippen LogP contribution in [0.3, 0.4) is 0 Å². The van der Waals surface area contributed by atoms with Crippen molar-refractivity contribution in [1.29, 1.82) is 0 Å². The molecule has 3 rings (SSSR count). The van der Waals surface area contributed by atoms with Gasteiger partial charge in [-0.1, -0.05) is 6.07 Å². The molecule has 1 saturated heterocycles. The molecule has 1 atom stereocenters. The molecule has 1 unspecified atom stereocenters. The van der Waals surface area contributed by atoms with Crippen molar-refractivity contribution in [2.24, 2.45) is 0 Å². The lowest BCUT2D eigenvalue weighted by Crippen LogP contribution is -2.47. The molecular weight excluding hydrogens is 340 g/mol. The Morgan fingerprint density at radius 3 is 2.42 bits per heavy atom. The van der Waals surface area contributed by atoms with Crippen LogP contribution in [0.1, 0.15) is 29.0 Å². The van der Waals surface area contributed by atoms with Gasteiger partial charge in [-0.3, -0.25) is 9.69 Å². The number of hydrogen-bond acceptors (Lipinski definition) is 5. The van der Waals surface area contributed by atoms with Gasteiger partial charge in [0.05, 0.1) is 0 Å². The summed E-state index contributed by atoms with van der Waals surface area (Å²) in [6, 6.07) is 6.99. The van der Waals surface area contributed by atoms with E-state index in [2.05, 4.69) is 25.3 Å². The molecule has 0 saturated carbocycles. The Kier molecular flexibility index (Phi) is 5.41. The largest absolute Gasteiger partial charge is 0.354 e. The van der Waals surface area contributed by atoms with Crippen molar-refractivity contribution in [3.63, 3.8) is 0 Å². The average molecular weight is 361 g/mol. The second-order valence-corrected chi connectivity index (χ2v) is 6.22. The first-order chi connectivity index (χ1) is 12.5. The van der Waals surface area contributed by atoms with Gasteiger partial charge in [-0.2, -0.15) is 0 Å². The van der Waals surface area contributed by atoms with Crippen molar-refractivity contribution in [2.45, 2.75) is 13.0 Å². The number of rotatable bonds is 4. The molecule has 2 aromatic rings. The summed E-state index contributed by atoms with van der Waals surface area (Å²) in [7, 11) is 1.54. The van der Waals surface area contributed by atoms with Gasteiger partial charge in [0.15, 0.2) is 11.5 Å². The van der Waals surface area contributed by atoms with E-state index >= 15 is 0 Å². The third-order valence-corrected chi connectivity index (χ3v) is 4.71. The van der Waals surface area contributed by atoms with Crippen molar-refractivity contribution < 1.29 is 13.6 Å². The number of benzene rings is 1. The lowest BCUT2D eigenvalue weighted by atomic mass is 10.1. The summed E-state index contributed by atoms with van der Waals surface area (Å²) < 4.78 is 27.1. The molecule has 1 amide bonds. The third kappa shape index (κ3) is 3.80. The number of piperazine rings is 1. The van der Waals surface area contributed by atoms with E-state index in [1.54, 1.807) is 19.2 Å². The average Bonchev–Trinajstić information content (AvgIpc) is 2.67. The number of halogens is 2. The van der Waals surface area contributed by atoms with Gasteiger partial charge in [0.2, 0.25) is 0 Å². The third-order valence-electron chi connectivity index (χ3n) is 4.71. The quantitative estimate of drug-likeness (QED) is 0.903. The second kappa shape index (κ2) is 7.74. The molecule has 1 fully saturated rings. The van der Waals surface area contributed by atoms with E-state index < -0.39 is 11.6 Å². The second-order valence-electron chi connectivity index (χ2n) is 6.22. The standard InChI is InChI=1S/C18H21F2N5O/c1-12(14-4-3-13(19)11-15(14)20)24-7-9-25(10-8-24)17-6-5-16(22-23-17)18(26)21-2/h3-6,11-12H,7-10H2,1-2H3,(H,21,26). The Labute approximate surface area is 150 Å². The normalized spacial score (nSPS) is 16.4. The Morgan fingerprint density at radius 2 is 1.85 bits per heavy atom. The molecule has 0 bridgehead atoms. The van der Waals surface area contributed by atoms with Gasteiger partial charge < -0.3 is 10.2 Å². The Balaban J connectivity index is 1.62. The van der Waals surface area contributed by atoms with E-state index in [-0.39, 0.29) is 17.6 Å². The lowest BCUT2D eigenvalue weighted by molar-refractivity contribution is 0.0957. The molecule has 0 spiro atoms. The molecule has 6 nitrogen and oxygen atoms in total. The summed E-state index contributed by atoms with van der Waals surface area (Å²) in [5, 5.41) is 10.6. The molecule has 1 aliphatic rings. The monoisotopic (exact) mass is 361 g/mol. The van der Waals surface area contributed by atoms with Gasteiger partial charge in [-0.25, -0.2) is 8.78 Å². The van der Waals surface area contributed by atoms with E-state index in [9.17, 15) is 13.6 Å². The number of carbonyl (C=O) groups is 1. The minimum atomic E-state index is -0.568. The van der Waals surface area contributed by atoms with Crippen LogP contribution in [-0.2, 0) is 0 Å². The minimum Gasteiger partial charge on any atom is -0.354 e. The first-order valence-corrected chi connectivity index (χ1v) is 8.49.